The third kappa shape index (κ3) is 4.39. The first-order valence-electron chi connectivity index (χ1n) is 9.51. The summed E-state index contributed by atoms with van der Waals surface area (Å²) >= 11 is 0. The van der Waals surface area contributed by atoms with Crippen molar-refractivity contribution in [3.63, 3.8) is 0 Å². The predicted octanol–water partition coefficient (Wildman–Crippen LogP) is 4.11. The molecule has 2 N–H and O–H groups in total. The molecule has 2 atom stereocenters. The predicted molar refractivity (Wildman–Crippen MR) is 103 cm³/mol. The van der Waals surface area contributed by atoms with Crippen LogP contribution in [0.25, 0.3) is 5.69 Å². The summed E-state index contributed by atoms with van der Waals surface area (Å²) in [4.78, 5) is 24.5. The Balaban J connectivity index is 1.95. The summed E-state index contributed by atoms with van der Waals surface area (Å²) in [5.74, 6) is -1.93. The van der Waals surface area contributed by atoms with Gasteiger partial charge >= 0.3 is 12.1 Å². The maximum atomic E-state index is 13.1. The van der Waals surface area contributed by atoms with Crippen LogP contribution in [0.1, 0.15) is 47.8 Å². The van der Waals surface area contributed by atoms with Crippen LogP contribution in [0.2, 0.25) is 0 Å². The molecular formula is C21H22F3N3O3. The van der Waals surface area contributed by atoms with E-state index in [9.17, 15) is 27.9 Å². The molecule has 0 saturated heterocycles. The summed E-state index contributed by atoms with van der Waals surface area (Å²) < 4.78 is 40.5. The van der Waals surface area contributed by atoms with Crippen LogP contribution in [-0.4, -0.2) is 26.8 Å². The van der Waals surface area contributed by atoms with Crippen molar-refractivity contribution in [2.24, 2.45) is 5.92 Å². The number of nitrogens with zero attached hydrogens (tertiary/aromatic N) is 2. The van der Waals surface area contributed by atoms with E-state index in [0.717, 1.165) is 18.6 Å². The quantitative estimate of drug-likeness (QED) is 0.712. The monoisotopic (exact) mass is 421 g/mol. The van der Waals surface area contributed by atoms with Gasteiger partial charge in [0.15, 0.2) is 6.04 Å². The van der Waals surface area contributed by atoms with Crippen LogP contribution in [0.15, 0.2) is 36.4 Å². The number of allylic oxidation sites excluding steroid dienone is 2. The van der Waals surface area contributed by atoms with Crippen molar-refractivity contribution in [3.05, 3.63) is 58.9 Å². The van der Waals surface area contributed by atoms with Gasteiger partial charge < -0.3 is 10.4 Å². The van der Waals surface area contributed by atoms with Crippen molar-refractivity contribution in [1.29, 1.82) is 0 Å². The number of alkyl halides is 3. The maximum absolute atomic E-state index is 13.1. The number of carboxylic acid groups (broad SMARTS) is 1. The summed E-state index contributed by atoms with van der Waals surface area (Å²) in [6, 6.07) is 3.28. The van der Waals surface area contributed by atoms with Crippen LogP contribution in [0.3, 0.4) is 0 Å². The van der Waals surface area contributed by atoms with E-state index in [1.54, 1.807) is 13.8 Å². The number of benzene rings is 1. The number of hydrogen-bond acceptors (Lipinski definition) is 3. The highest BCUT2D eigenvalue weighted by molar-refractivity contribution is 5.86. The number of halogens is 3. The molecular weight excluding hydrogens is 399 g/mol. The molecule has 160 valence electrons. The van der Waals surface area contributed by atoms with Gasteiger partial charge in [-0.1, -0.05) is 18.2 Å². The van der Waals surface area contributed by atoms with E-state index in [0.29, 0.717) is 24.2 Å². The normalized spacial score (nSPS) is 17.6. The first-order valence-corrected chi connectivity index (χ1v) is 9.51. The molecule has 1 aromatic heterocycles. The minimum Gasteiger partial charge on any atom is -0.479 e. The van der Waals surface area contributed by atoms with Crippen LogP contribution in [0.4, 0.5) is 13.2 Å². The Morgan fingerprint density at radius 3 is 2.60 bits per heavy atom. The van der Waals surface area contributed by atoms with Gasteiger partial charge in [-0.05, 0) is 51.3 Å². The van der Waals surface area contributed by atoms with Crippen LogP contribution >= 0.6 is 0 Å². The third-order valence-corrected chi connectivity index (χ3v) is 5.23. The van der Waals surface area contributed by atoms with Gasteiger partial charge in [-0.2, -0.15) is 18.3 Å². The standard InChI is InChI=1S/C21H22F3N3O3/c1-12-17(18(20(29)30)25-19(28)14-7-4-3-5-8-14)13(2)27(26-12)16-10-6-9-15(11-16)21(22,23)24/h3-4,6,9-11,14,18H,5,7-8H2,1-2H3,(H,25,28)(H,29,30)/t14-,18+/m0/s1. The van der Waals surface area contributed by atoms with E-state index in [1.165, 1.54) is 16.8 Å². The van der Waals surface area contributed by atoms with Gasteiger partial charge in [0.25, 0.3) is 0 Å². The Bertz CT molecular complexity index is 995. The van der Waals surface area contributed by atoms with Gasteiger partial charge in [-0.15, -0.1) is 0 Å². The Kier molecular flexibility index (Phi) is 6.00. The van der Waals surface area contributed by atoms with E-state index in [4.69, 9.17) is 0 Å². The first-order chi connectivity index (χ1) is 14.1. The molecule has 1 aromatic carbocycles. The summed E-state index contributed by atoms with van der Waals surface area (Å²) in [6.07, 6.45) is 1.29. The van der Waals surface area contributed by atoms with Gasteiger partial charge in [0.05, 0.1) is 16.9 Å². The molecule has 9 heteroatoms. The Hall–Kier alpha value is -3.10. The number of aliphatic carboxylic acids is 1. The molecule has 30 heavy (non-hydrogen) atoms. The van der Waals surface area contributed by atoms with Crippen LogP contribution in [0.5, 0.6) is 0 Å². The molecule has 0 unspecified atom stereocenters. The summed E-state index contributed by atoms with van der Waals surface area (Å²) in [5.41, 5.74) is 0.260. The number of amides is 1. The second-order valence-corrected chi connectivity index (χ2v) is 7.31. The fourth-order valence-electron chi connectivity index (χ4n) is 3.69. The van der Waals surface area contributed by atoms with Crippen molar-refractivity contribution in [1.82, 2.24) is 15.1 Å². The van der Waals surface area contributed by atoms with Crippen LogP contribution in [0, 0.1) is 19.8 Å². The molecule has 0 radical (unpaired) electrons. The summed E-state index contributed by atoms with van der Waals surface area (Å²) in [6.45, 7) is 3.14. The number of carboxylic acids is 1. The second kappa shape index (κ2) is 8.33. The van der Waals surface area contributed by atoms with E-state index >= 15 is 0 Å². The highest BCUT2D eigenvalue weighted by Crippen LogP contribution is 2.32. The van der Waals surface area contributed by atoms with Crippen molar-refractivity contribution in [2.45, 2.75) is 45.3 Å². The maximum Gasteiger partial charge on any atom is 0.416 e. The Morgan fingerprint density at radius 1 is 1.27 bits per heavy atom. The number of aromatic nitrogens is 2. The van der Waals surface area contributed by atoms with Crippen LogP contribution in [-0.2, 0) is 15.8 Å². The molecule has 6 nitrogen and oxygen atoms in total. The minimum absolute atomic E-state index is 0.157. The van der Waals surface area contributed by atoms with E-state index in [-0.39, 0.29) is 23.1 Å². The third-order valence-electron chi connectivity index (χ3n) is 5.23. The molecule has 1 aliphatic rings. The molecule has 1 heterocycles. The largest absolute Gasteiger partial charge is 0.479 e. The van der Waals surface area contributed by atoms with E-state index < -0.39 is 23.8 Å². The van der Waals surface area contributed by atoms with Crippen molar-refractivity contribution >= 4 is 11.9 Å². The minimum atomic E-state index is -4.51. The molecule has 0 saturated carbocycles. The van der Waals surface area contributed by atoms with Gasteiger partial charge in [0, 0.05) is 17.2 Å². The lowest BCUT2D eigenvalue weighted by Gasteiger charge is -2.21. The number of nitrogens with one attached hydrogen (secondary N) is 1. The number of hydrogen-bond donors (Lipinski definition) is 2. The van der Waals surface area contributed by atoms with Gasteiger partial charge in [-0.25, -0.2) is 9.48 Å². The molecule has 0 bridgehead atoms. The topological polar surface area (TPSA) is 84.2 Å². The zero-order valence-corrected chi connectivity index (χ0v) is 16.5. The Morgan fingerprint density at radius 2 is 2.00 bits per heavy atom. The zero-order chi connectivity index (χ0) is 22.1. The second-order valence-electron chi connectivity index (χ2n) is 7.31. The number of carbonyl (C=O) groups excluding carboxylic acids is 1. The molecule has 2 aromatic rings. The first kappa shape index (κ1) is 21.6. The van der Waals surface area contributed by atoms with Crippen molar-refractivity contribution < 1.29 is 27.9 Å². The fraction of sp³-hybridized carbons (Fsp3) is 0.381. The summed E-state index contributed by atoms with van der Waals surface area (Å²) in [5, 5.41) is 16.6. The number of aryl methyl sites for hydroxylation is 1. The van der Waals surface area contributed by atoms with Crippen molar-refractivity contribution in [3.8, 4) is 5.69 Å². The summed E-state index contributed by atoms with van der Waals surface area (Å²) in [7, 11) is 0. The zero-order valence-electron chi connectivity index (χ0n) is 16.5. The lowest BCUT2D eigenvalue weighted by atomic mass is 9.93. The molecule has 0 aliphatic heterocycles. The van der Waals surface area contributed by atoms with E-state index in [1.807, 2.05) is 12.2 Å². The van der Waals surface area contributed by atoms with Gasteiger partial charge in [0.1, 0.15) is 0 Å². The molecule has 0 spiro atoms. The average molecular weight is 421 g/mol. The number of carbonyl (C=O) groups is 2. The Labute approximate surface area is 171 Å². The van der Waals surface area contributed by atoms with E-state index in [2.05, 4.69) is 10.4 Å². The number of rotatable bonds is 5. The van der Waals surface area contributed by atoms with Crippen molar-refractivity contribution in [2.75, 3.05) is 0 Å². The highest BCUT2D eigenvalue weighted by Gasteiger charge is 2.33. The smallest absolute Gasteiger partial charge is 0.416 e. The van der Waals surface area contributed by atoms with Gasteiger partial charge in [-0.3, -0.25) is 4.79 Å². The van der Waals surface area contributed by atoms with Gasteiger partial charge in [0.2, 0.25) is 5.91 Å². The van der Waals surface area contributed by atoms with Crippen LogP contribution < -0.4 is 5.32 Å². The molecule has 1 amide bonds. The fourth-order valence-corrected chi connectivity index (χ4v) is 3.69. The lowest BCUT2D eigenvalue weighted by molar-refractivity contribution is -0.142. The highest BCUT2D eigenvalue weighted by atomic mass is 19.4. The molecule has 3 rings (SSSR count). The molecule has 1 aliphatic carbocycles. The SMILES string of the molecule is Cc1nn(-c2cccc(C(F)(F)F)c2)c(C)c1[C@@H](NC(=O)[C@H]1CC=CCC1)C(=O)O. The molecule has 0 fully saturated rings. The average Bonchev–Trinajstić information content (AvgIpc) is 3.00. The lowest BCUT2D eigenvalue weighted by Crippen LogP contribution is -2.38.